The lowest BCUT2D eigenvalue weighted by atomic mass is 9.75. The van der Waals surface area contributed by atoms with Crippen LogP contribution in [0.4, 0.5) is 0 Å². The monoisotopic (exact) mass is 332 g/mol. The molecule has 1 aliphatic carbocycles. The molecule has 23 heavy (non-hydrogen) atoms. The summed E-state index contributed by atoms with van der Waals surface area (Å²) in [6.07, 6.45) is 6.27. The van der Waals surface area contributed by atoms with Gasteiger partial charge in [-0.05, 0) is 68.3 Å². The minimum Gasteiger partial charge on any atom is -1.00 e. The van der Waals surface area contributed by atoms with E-state index in [4.69, 9.17) is 0 Å². The maximum atomic E-state index is 13.1. The molecule has 4 heterocycles. The Hall–Kier alpha value is -1.06. The van der Waals surface area contributed by atoms with E-state index in [2.05, 4.69) is 28.0 Å². The van der Waals surface area contributed by atoms with Gasteiger partial charge in [0.05, 0.1) is 0 Å². The molecule has 4 aliphatic heterocycles. The van der Waals surface area contributed by atoms with E-state index in [1.807, 2.05) is 0 Å². The van der Waals surface area contributed by atoms with Crippen LogP contribution in [0.15, 0.2) is 18.2 Å². The van der Waals surface area contributed by atoms with Crippen LogP contribution in [0.2, 0.25) is 0 Å². The Morgan fingerprint density at radius 1 is 1.09 bits per heavy atom. The summed E-state index contributed by atoms with van der Waals surface area (Å²) in [5.41, 5.74) is 3.86. The van der Waals surface area contributed by atoms with E-state index >= 15 is 0 Å². The zero-order chi connectivity index (χ0) is 14.7. The molecule has 6 rings (SSSR count). The largest absolute Gasteiger partial charge is 1.00 e. The number of nitrogens with zero attached hydrogens (tertiary/aromatic N) is 2. The molecular weight excluding hydrogens is 308 g/mol. The Kier molecular flexibility index (Phi) is 3.89. The van der Waals surface area contributed by atoms with Crippen LogP contribution < -0.4 is 12.4 Å². The van der Waals surface area contributed by atoms with Gasteiger partial charge in [-0.15, -0.1) is 0 Å². The van der Waals surface area contributed by atoms with Gasteiger partial charge in [0.2, 0.25) is 0 Å². The summed E-state index contributed by atoms with van der Waals surface area (Å²) in [6.45, 7) is 4.57. The first kappa shape index (κ1) is 15.5. The predicted molar refractivity (Wildman–Crippen MR) is 87.2 cm³/mol. The lowest BCUT2D eigenvalue weighted by Gasteiger charge is -2.51. The molecule has 5 aliphatic rings. The van der Waals surface area contributed by atoms with Crippen LogP contribution >= 0.6 is 0 Å². The molecule has 0 unspecified atom stereocenters. The van der Waals surface area contributed by atoms with Crippen molar-refractivity contribution < 1.29 is 18.6 Å². The Labute approximate surface area is 145 Å². The first-order valence-electron chi connectivity index (χ1n) is 8.96. The highest BCUT2D eigenvalue weighted by Gasteiger charge is 2.43. The van der Waals surface area contributed by atoms with E-state index in [9.17, 15) is 4.79 Å². The highest BCUT2D eigenvalue weighted by molar-refractivity contribution is 5.97. The van der Waals surface area contributed by atoms with Crippen molar-refractivity contribution in [2.24, 2.45) is 5.92 Å². The number of piperidine rings is 3. The number of halogens is 1. The van der Waals surface area contributed by atoms with Crippen molar-refractivity contribution in [1.29, 1.82) is 0 Å². The molecule has 4 heteroatoms. The number of aryl methyl sites for hydroxylation is 1. The predicted octanol–water partition coefficient (Wildman–Crippen LogP) is -0.227. The fourth-order valence-electron chi connectivity index (χ4n) is 5.41. The second-order valence-electron chi connectivity index (χ2n) is 7.63. The quantitative estimate of drug-likeness (QED) is 0.709. The van der Waals surface area contributed by atoms with Crippen molar-refractivity contribution in [3.63, 3.8) is 0 Å². The summed E-state index contributed by atoms with van der Waals surface area (Å²) in [5.74, 6) is 1.64. The molecule has 2 bridgehead atoms. The van der Waals surface area contributed by atoms with E-state index in [-0.39, 0.29) is 13.8 Å². The number of benzene rings is 1. The highest BCUT2D eigenvalue weighted by Crippen LogP contribution is 2.41. The lowest BCUT2D eigenvalue weighted by molar-refractivity contribution is -0.0000886. The second kappa shape index (κ2) is 5.78. The minimum atomic E-state index is 0. The molecule has 1 aromatic carbocycles. The van der Waals surface area contributed by atoms with Gasteiger partial charge in [0.1, 0.15) is 0 Å². The Bertz CT molecular complexity index is 630. The smallest absolute Gasteiger partial charge is 1.00 e. The average Bonchev–Trinajstić information content (AvgIpc) is 2.59. The molecule has 1 amide bonds. The van der Waals surface area contributed by atoms with Crippen LogP contribution in [0.3, 0.4) is 0 Å². The number of amides is 1. The molecule has 3 saturated heterocycles. The van der Waals surface area contributed by atoms with E-state index in [0.717, 1.165) is 31.0 Å². The summed E-state index contributed by atoms with van der Waals surface area (Å²) in [7, 11) is 0. The highest BCUT2D eigenvalue weighted by atomic mass is 35.5. The van der Waals surface area contributed by atoms with Crippen molar-refractivity contribution in [2.45, 2.75) is 44.1 Å². The van der Waals surface area contributed by atoms with Gasteiger partial charge in [-0.1, -0.05) is 12.1 Å². The van der Waals surface area contributed by atoms with E-state index in [1.54, 1.807) is 0 Å². The standard InChI is InChI=1S/C19H24N2O.ClH/c22-19-16-6-2-4-14-3-1-5-15(18(14)16)11-21(19)17-12-20-9-7-13(17)8-10-20;/h2,4,6,13,15,17H,1,3,5,7-12H2;1H/t15-,17+;/m0./s1. The van der Waals surface area contributed by atoms with Crippen LogP contribution in [-0.4, -0.2) is 47.9 Å². The first-order chi connectivity index (χ1) is 10.8. The molecule has 0 aromatic heterocycles. The van der Waals surface area contributed by atoms with Gasteiger partial charge in [-0.2, -0.15) is 0 Å². The van der Waals surface area contributed by atoms with Gasteiger partial charge < -0.3 is 22.2 Å². The van der Waals surface area contributed by atoms with E-state index in [0.29, 0.717) is 17.9 Å². The molecular formula is C19H25ClN2O. The van der Waals surface area contributed by atoms with E-state index in [1.165, 1.54) is 49.9 Å². The number of fused-ring (bicyclic) bond motifs is 3. The minimum absolute atomic E-state index is 0. The van der Waals surface area contributed by atoms with Gasteiger partial charge in [0.15, 0.2) is 0 Å². The molecule has 3 fully saturated rings. The van der Waals surface area contributed by atoms with Crippen molar-refractivity contribution in [3.05, 3.63) is 34.9 Å². The number of hydrogen-bond acceptors (Lipinski definition) is 2. The molecule has 2 atom stereocenters. The molecule has 124 valence electrons. The Balaban J connectivity index is 0.000000845. The summed E-state index contributed by atoms with van der Waals surface area (Å²) >= 11 is 0. The van der Waals surface area contributed by atoms with Crippen molar-refractivity contribution in [3.8, 4) is 0 Å². The number of rotatable bonds is 1. The lowest BCUT2D eigenvalue weighted by Crippen LogP contribution is -3.00. The number of carbonyl (C=O) groups excluding carboxylic acids is 1. The SMILES string of the molecule is O=C1c2cccc3c2[C@@H](CCC3)CN1[C@@H]1CN2CCC1CC2.[Cl-].[H+]. The van der Waals surface area contributed by atoms with Crippen LogP contribution in [0.5, 0.6) is 0 Å². The molecule has 0 saturated carbocycles. The van der Waals surface area contributed by atoms with Crippen LogP contribution in [-0.2, 0) is 6.42 Å². The van der Waals surface area contributed by atoms with Gasteiger partial charge in [0.25, 0.3) is 5.91 Å². The molecule has 0 radical (unpaired) electrons. The van der Waals surface area contributed by atoms with Gasteiger partial charge in [-0.3, -0.25) is 4.79 Å². The number of carbonyl (C=O) groups is 1. The zero-order valence-electron chi connectivity index (χ0n) is 14.5. The Morgan fingerprint density at radius 3 is 2.65 bits per heavy atom. The Morgan fingerprint density at radius 2 is 1.91 bits per heavy atom. The fourth-order valence-corrected chi connectivity index (χ4v) is 5.41. The van der Waals surface area contributed by atoms with Crippen LogP contribution in [0.1, 0.15) is 54.5 Å². The van der Waals surface area contributed by atoms with Crippen molar-refractivity contribution in [2.75, 3.05) is 26.2 Å². The zero-order valence-corrected chi connectivity index (χ0v) is 14.3. The average molecular weight is 333 g/mol. The summed E-state index contributed by atoms with van der Waals surface area (Å²) in [5, 5.41) is 0. The van der Waals surface area contributed by atoms with Crippen molar-refractivity contribution >= 4 is 5.91 Å². The van der Waals surface area contributed by atoms with Gasteiger partial charge >= 0.3 is 1.43 Å². The van der Waals surface area contributed by atoms with Crippen molar-refractivity contribution in [1.82, 2.24) is 9.80 Å². The normalized spacial score (nSPS) is 34.8. The van der Waals surface area contributed by atoms with Gasteiger partial charge in [0, 0.05) is 30.6 Å². The maximum Gasteiger partial charge on any atom is 1.00 e. The summed E-state index contributed by atoms with van der Waals surface area (Å²) in [4.78, 5) is 18.0. The van der Waals surface area contributed by atoms with Crippen LogP contribution in [0.25, 0.3) is 0 Å². The third-order valence-corrected chi connectivity index (χ3v) is 6.53. The fraction of sp³-hybridized carbons (Fsp3) is 0.632. The van der Waals surface area contributed by atoms with Crippen LogP contribution in [0, 0.1) is 5.92 Å². The van der Waals surface area contributed by atoms with Gasteiger partial charge in [-0.25, -0.2) is 0 Å². The first-order valence-corrected chi connectivity index (χ1v) is 8.96. The number of hydrogen-bond donors (Lipinski definition) is 0. The maximum absolute atomic E-state index is 13.1. The molecule has 3 nitrogen and oxygen atoms in total. The molecule has 1 aromatic rings. The summed E-state index contributed by atoms with van der Waals surface area (Å²) in [6, 6.07) is 6.87. The topological polar surface area (TPSA) is 23.6 Å². The molecule has 0 N–H and O–H groups in total. The third-order valence-electron chi connectivity index (χ3n) is 6.53. The second-order valence-corrected chi connectivity index (χ2v) is 7.63. The third kappa shape index (κ3) is 2.32. The summed E-state index contributed by atoms with van der Waals surface area (Å²) < 4.78 is 0. The molecule has 0 spiro atoms. The van der Waals surface area contributed by atoms with E-state index < -0.39 is 0 Å².